The number of hydrogen-bond donors (Lipinski definition) is 1. The molecule has 0 radical (unpaired) electrons. The van der Waals surface area contributed by atoms with Crippen molar-refractivity contribution in [1.29, 1.82) is 0 Å². The quantitative estimate of drug-likeness (QED) is 0.542. The molecule has 4 aromatic rings. The zero-order valence-electron chi connectivity index (χ0n) is 14.4. The second-order valence-corrected chi connectivity index (χ2v) is 6.28. The third-order valence-corrected chi connectivity index (χ3v) is 4.55. The van der Waals surface area contributed by atoms with Crippen LogP contribution in [0.25, 0.3) is 22.2 Å². The molecule has 0 saturated heterocycles. The highest BCUT2D eigenvalue weighted by molar-refractivity contribution is 5.94. The van der Waals surface area contributed by atoms with Crippen LogP contribution in [-0.4, -0.2) is 26.9 Å². The van der Waals surface area contributed by atoms with Crippen LogP contribution in [0.4, 0.5) is 0 Å². The van der Waals surface area contributed by atoms with E-state index in [-0.39, 0.29) is 5.56 Å². The fourth-order valence-electron chi connectivity index (χ4n) is 3.20. The van der Waals surface area contributed by atoms with E-state index < -0.39 is 5.97 Å². The molecule has 0 fully saturated rings. The van der Waals surface area contributed by atoms with Gasteiger partial charge in [-0.15, -0.1) is 0 Å². The number of rotatable bonds is 5. The minimum atomic E-state index is -0.933. The number of aromatic nitrogens is 2. The number of aldehydes is 1. The van der Waals surface area contributed by atoms with Crippen LogP contribution in [0.2, 0.25) is 0 Å². The Balaban J connectivity index is 1.72. The first-order valence-electron chi connectivity index (χ1n) is 8.47. The Morgan fingerprint density at radius 3 is 2.63 bits per heavy atom. The predicted molar refractivity (Wildman–Crippen MR) is 103 cm³/mol. The largest absolute Gasteiger partial charge is 0.478 e. The van der Waals surface area contributed by atoms with E-state index in [9.17, 15) is 9.59 Å². The molecule has 5 heteroatoms. The first-order chi connectivity index (χ1) is 13.2. The van der Waals surface area contributed by atoms with Crippen LogP contribution in [0, 0.1) is 0 Å². The van der Waals surface area contributed by atoms with Gasteiger partial charge in [0.2, 0.25) is 0 Å². The number of carbonyl (C=O) groups is 2. The maximum absolute atomic E-state index is 11.1. The van der Waals surface area contributed by atoms with Gasteiger partial charge in [0.25, 0.3) is 0 Å². The fourth-order valence-corrected chi connectivity index (χ4v) is 3.20. The standard InChI is InChI=1S/C22H16N2O3/c25-14-16-2-1-3-18(12-16)19-8-10-23-21-20(19)9-11-24(21)13-15-4-6-17(7-5-15)22(26)27/h1-12,14H,13H2,(H,26,27). The molecule has 0 aliphatic carbocycles. The number of carbonyl (C=O) groups excluding carboxylic acids is 1. The summed E-state index contributed by atoms with van der Waals surface area (Å²) in [5, 5.41) is 10.0. The lowest BCUT2D eigenvalue weighted by molar-refractivity contribution is 0.0696. The lowest BCUT2D eigenvalue weighted by Crippen LogP contribution is -2.01. The summed E-state index contributed by atoms with van der Waals surface area (Å²) in [5.74, 6) is -0.933. The van der Waals surface area contributed by atoms with Crippen LogP contribution < -0.4 is 0 Å². The molecular formula is C22H16N2O3. The molecule has 2 aromatic carbocycles. The number of aromatic carboxylic acids is 1. The number of hydrogen-bond acceptors (Lipinski definition) is 3. The maximum Gasteiger partial charge on any atom is 0.335 e. The molecule has 27 heavy (non-hydrogen) atoms. The lowest BCUT2D eigenvalue weighted by atomic mass is 10.0. The van der Waals surface area contributed by atoms with Crippen LogP contribution in [0.15, 0.2) is 73.1 Å². The SMILES string of the molecule is O=Cc1cccc(-c2ccnc3c2ccn3Cc2ccc(C(=O)O)cc2)c1. The third kappa shape index (κ3) is 3.22. The molecule has 2 aromatic heterocycles. The van der Waals surface area contributed by atoms with Gasteiger partial charge in [-0.1, -0.05) is 30.3 Å². The number of carboxylic acid groups (broad SMARTS) is 1. The highest BCUT2D eigenvalue weighted by Crippen LogP contribution is 2.29. The van der Waals surface area contributed by atoms with Crippen LogP contribution in [0.5, 0.6) is 0 Å². The summed E-state index contributed by atoms with van der Waals surface area (Å²) >= 11 is 0. The molecular weight excluding hydrogens is 340 g/mol. The van der Waals surface area contributed by atoms with Crippen LogP contribution in [-0.2, 0) is 6.54 Å². The van der Waals surface area contributed by atoms with Gasteiger partial charge >= 0.3 is 5.97 Å². The highest BCUT2D eigenvalue weighted by atomic mass is 16.4. The summed E-state index contributed by atoms with van der Waals surface area (Å²) in [5.41, 5.74) is 4.72. The van der Waals surface area contributed by atoms with Crippen molar-refractivity contribution in [3.05, 3.63) is 89.7 Å². The first kappa shape index (κ1) is 16.7. The molecule has 0 unspecified atom stereocenters. The van der Waals surface area contributed by atoms with Crippen LogP contribution in [0.3, 0.4) is 0 Å². The number of pyridine rings is 1. The molecule has 0 aliphatic rings. The molecule has 1 N–H and O–H groups in total. The van der Waals surface area contributed by atoms with E-state index >= 15 is 0 Å². The van der Waals surface area contributed by atoms with E-state index in [0.29, 0.717) is 12.1 Å². The summed E-state index contributed by atoms with van der Waals surface area (Å²) in [4.78, 5) is 26.6. The van der Waals surface area contributed by atoms with Gasteiger partial charge in [0.05, 0.1) is 5.56 Å². The zero-order valence-corrected chi connectivity index (χ0v) is 14.4. The molecule has 4 rings (SSSR count). The van der Waals surface area contributed by atoms with Crippen molar-refractivity contribution < 1.29 is 14.7 Å². The van der Waals surface area contributed by atoms with Gasteiger partial charge in [0, 0.05) is 29.9 Å². The van der Waals surface area contributed by atoms with Gasteiger partial charge in [-0.3, -0.25) is 4.79 Å². The Kier molecular flexibility index (Phi) is 4.26. The second-order valence-electron chi connectivity index (χ2n) is 6.28. The Morgan fingerprint density at radius 2 is 1.89 bits per heavy atom. The normalized spacial score (nSPS) is 10.8. The molecule has 0 aliphatic heterocycles. The molecule has 0 saturated carbocycles. The van der Waals surface area contributed by atoms with Gasteiger partial charge in [0.1, 0.15) is 11.9 Å². The van der Waals surface area contributed by atoms with Gasteiger partial charge in [0.15, 0.2) is 0 Å². The predicted octanol–water partition coefficient (Wildman–Crippen LogP) is 4.26. The number of carboxylic acids is 1. The van der Waals surface area contributed by atoms with E-state index in [1.807, 2.05) is 53.2 Å². The minimum Gasteiger partial charge on any atom is -0.478 e. The highest BCUT2D eigenvalue weighted by Gasteiger charge is 2.10. The van der Waals surface area contributed by atoms with Crippen LogP contribution >= 0.6 is 0 Å². The van der Waals surface area contributed by atoms with Crippen molar-refractivity contribution in [2.45, 2.75) is 6.54 Å². The monoisotopic (exact) mass is 356 g/mol. The van der Waals surface area contributed by atoms with Gasteiger partial charge in [-0.25, -0.2) is 9.78 Å². The second kappa shape index (κ2) is 6.88. The smallest absolute Gasteiger partial charge is 0.335 e. The van der Waals surface area contributed by atoms with Crippen molar-refractivity contribution in [3.8, 4) is 11.1 Å². The van der Waals surface area contributed by atoms with Crippen LogP contribution in [0.1, 0.15) is 26.3 Å². The number of fused-ring (bicyclic) bond motifs is 1. The van der Waals surface area contributed by atoms with E-state index in [2.05, 4.69) is 4.98 Å². The number of nitrogens with zero attached hydrogens (tertiary/aromatic N) is 2. The van der Waals surface area contributed by atoms with Crippen molar-refractivity contribution in [3.63, 3.8) is 0 Å². The van der Waals surface area contributed by atoms with E-state index in [1.165, 1.54) is 0 Å². The van der Waals surface area contributed by atoms with Gasteiger partial charge in [-0.05, 0) is 47.0 Å². The summed E-state index contributed by atoms with van der Waals surface area (Å²) in [6.45, 7) is 0.591. The van der Waals surface area contributed by atoms with Crippen molar-refractivity contribution in [2.75, 3.05) is 0 Å². The molecule has 5 nitrogen and oxygen atoms in total. The Morgan fingerprint density at radius 1 is 1.07 bits per heavy atom. The van der Waals surface area contributed by atoms with Crippen molar-refractivity contribution in [1.82, 2.24) is 9.55 Å². The summed E-state index contributed by atoms with van der Waals surface area (Å²) in [6, 6.07) is 18.3. The van der Waals surface area contributed by atoms with Crippen molar-refractivity contribution in [2.24, 2.45) is 0 Å². The third-order valence-electron chi connectivity index (χ3n) is 4.55. The number of benzene rings is 2. The Hall–Kier alpha value is -3.73. The molecule has 0 bridgehead atoms. The topological polar surface area (TPSA) is 72.2 Å². The molecule has 2 heterocycles. The molecule has 132 valence electrons. The average Bonchev–Trinajstić information content (AvgIpc) is 3.11. The molecule has 0 amide bonds. The van der Waals surface area contributed by atoms with Gasteiger partial charge < -0.3 is 9.67 Å². The van der Waals surface area contributed by atoms with E-state index in [0.717, 1.165) is 34.0 Å². The summed E-state index contributed by atoms with van der Waals surface area (Å²) in [6.07, 6.45) is 4.57. The fraction of sp³-hybridized carbons (Fsp3) is 0.0455. The molecule has 0 spiro atoms. The van der Waals surface area contributed by atoms with Gasteiger partial charge in [-0.2, -0.15) is 0 Å². The molecule has 0 atom stereocenters. The lowest BCUT2D eigenvalue weighted by Gasteiger charge is -2.08. The van der Waals surface area contributed by atoms with E-state index in [4.69, 9.17) is 5.11 Å². The van der Waals surface area contributed by atoms with Crippen molar-refractivity contribution >= 4 is 23.3 Å². The average molecular weight is 356 g/mol. The minimum absolute atomic E-state index is 0.270. The Labute approximate surface area is 155 Å². The summed E-state index contributed by atoms with van der Waals surface area (Å²) < 4.78 is 2.03. The first-order valence-corrected chi connectivity index (χ1v) is 8.47. The van der Waals surface area contributed by atoms with E-state index in [1.54, 1.807) is 24.4 Å². The zero-order chi connectivity index (χ0) is 18.8. The summed E-state index contributed by atoms with van der Waals surface area (Å²) in [7, 11) is 0. The Bertz CT molecular complexity index is 1140. The maximum atomic E-state index is 11.1.